The van der Waals surface area contributed by atoms with Crippen molar-refractivity contribution in [3.8, 4) is 44.6 Å². The summed E-state index contributed by atoms with van der Waals surface area (Å²) >= 11 is 1.81. The van der Waals surface area contributed by atoms with Crippen LogP contribution in [0.3, 0.4) is 0 Å². The molecule has 46 heavy (non-hydrogen) atoms. The van der Waals surface area contributed by atoms with E-state index in [9.17, 15) is 0 Å². The van der Waals surface area contributed by atoms with Gasteiger partial charge in [-0.3, -0.25) is 0 Å². The fourth-order valence-electron chi connectivity index (χ4n) is 5.90. The first kappa shape index (κ1) is 37.8. The highest BCUT2D eigenvalue weighted by Gasteiger charge is 2.27. The van der Waals surface area contributed by atoms with Crippen LogP contribution in [0.5, 0.6) is 23.0 Å². The zero-order valence-corrected chi connectivity index (χ0v) is 31.6. The summed E-state index contributed by atoms with van der Waals surface area (Å²) in [5.41, 5.74) is 4.40. The van der Waals surface area contributed by atoms with E-state index < -0.39 is 0 Å². The highest BCUT2D eigenvalue weighted by molar-refractivity contribution is 7.16. The summed E-state index contributed by atoms with van der Waals surface area (Å²) in [5, 5.41) is 0. The molecule has 0 aliphatic rings. The summed E-state index contributed by atoms with van der Waals surface area (Å²) in [6.07, 6.45) is 9.50. The van der Waals surface area contributed by atoms with Crippen LogP contribution >= 0.6 is 11.3 Å². The summed E-state index contributed by atoms with van der Waals surface area (Å²) in [5.74, 6) is 4.87. The van der Waals surface area contributed by atoms with Gasteiger partial charge in [-0.15, -0.1) is 11.3 Å². The van der Waals surface area contributed by atoms with E-state index in [0.29, 0.717) is 24.4 Å². The van der Waals surface area contributed by atoms with E-state index in [4.69, 9.17) is 18.9 Å². The minimum atomic E-state index is 0.000105. The molecule has 0 fully saturated rings. The minimum Gasteiger partial charge on any atom is -0.496 e. The Kier molecular flexibility index (Phi) is 14.8. The van der Waals surface area contributed by atoms with Gasteiger partial charge in [-0.25, -0.2) is 0 Å². The predicted octanol–water partition coefficient (Wildman–Crippen LogP) is 12.7. The predicted molar refractivity (Wildman–Crippen MR) is 199 cm³/mol. The molecule has 3 aromatic rings. The van der Waals surface area contributed by atoms with Gasteiger partial charge in [0.25, 0.3) is 0 Å². The van der Waals surface area contributed by atoms with Crippen LogP contribution in [-0.2, 0) is 5.41 Å². The Morgan fingerprint density at radius 1 is 0.696 bits per heavy atom. The van der Waals surface area contributed by atoms with Crippen LogP contribution in [0.2, 0.25) is 0 Å². The average Bonchev–Trinajstić information content (AvgIpc) is 3.42. The van der Waals surface area contributed by atoms with Crippen molar-refractivity contribution < 1.29 is 18.9 Å². The maximum absolute atomic E-state index is 6.89. The number of rotatable bonds is 19. The highest BCUT2D eigenvalue weighted by atomic mass is 32.1. The second-order valence-corrected chi connectivity index (χ2v) is 15.2. The number of thiophene rings is 1. The number of hydrogen-bond donors (Lipinski definition) is 0. The minimum absolute atomic E-state index is 0.000105. The van der Waals surface area contributed by atoms with Gasteiger partial charge in [0.15, 0.2) is 11.5 Å². The van der Waals surface area contributed by atoms with Gasteiger partial charge in [0.2, 0.25) is 0 Å². The lowest BCUT2D eigenvalue weighted by Gasteiger charge is -2.22. The van der Waals surface area contributed by atoms with E-state index >= 15 is 0 Å². The second-order valence-electron chi connectivity index (χ2n) is 14.1. The molecule has 0 bridgehead atoms. The maximum Gasteiger partial charge on any atom is 0.180 e. The van der Waals surface area contributed by atoms with Crippen molar-refractivity contribution in [3.63, 3.8) is 0 Å². The van der Waals surface area contributed by atoms with Gasteiger partial charge < -0.3 is 18.9 Å². The number of hydrogen-bond acceptors (Lipinski definition) is 5. The van der Waals surface area contributed by atoms with Crippen LogP contribution in [0, 0.1) is 11.8 Å². The second kappa shape index (κ2) is 18.0. The van der Waals surface area contributed by atoms with Gasteiger partial charge in [-0.1, -0.05) is 107 Å². The number of ether oxygens (including phenoxy) is 4. The van der Waals surface area contributed by atoms with Crippen molar-refractivity contribution in [2.75, 3.05) is 27.4 Å². The van der Waals surface area contributed by atoms with Crippen LogP contribution in [0.1, 0.15) is 130 Å². The molecular weight excluding hydrogens is 589 g/mol. The van der Waals surface area contributed by atoms with Gasteiger partial charge in [0.1, 0.15) is 11.5 Å². The van der Waals surface area contributed by atoms with E-state index in [0.717, 1.165) is 64.0 Å². The Morgan fingerprint density at radius 3 is 1.70 bits per heavy atom. The molecule has 0 amide bonds. The SMILES string of the molecule is CCCCC(CC)COc1c(-c2ccc(OC)c(-c3cc(C(C)(C)C)ccc3OC)c2)sc(C(C)C)c1OCC(CC)CCCC. The van der Waals surface area contributed by atoms with Gasteiger partial charge in [0.05, 0.1) is 37.2 Å². The lowest BCUT2D eigenvalue weighted by atomic mass is 9.85. The third-order valence-electron chi connectivity index (χ3n) is 9.20. The Bertz CT molecular complexity index is 1350. The molecule has 0 N–H and O–H groups in total. The third-order valence-corrected chi connectivity index (χ3v) is 10.7. The van der Waals surface area contributed by atoms with Crippen molar-refractivity contribution in [1.29, 1.82) is 0 Å². The standard InChI is InChI=1S/C41H62O4S/c1-12-16-18-29(14-3)26-44-37-38(45-27-30(15-4)19-17-13-2)40(46-39(37)28(5)6)31-20-22-35(42-10)33(24-31)34-25-32(41(7,8)9)21-23-36(34)43-11/h20-25,28-30H,12-19,26-27H2,1-11H3. The van der Waals surface area contributed by atoms with Gasteiger partial charge in [0, 0.05) is 11.1 Å². The van der Waals surface area contributed by atoms with Crippen molar-refractivity contribution >= 4 is 11.3 Å². The van der Waals surface area contributed by atoms with Gasteiger partial charge >= 0.3 is 0 Å². The monoisotopic (exact) mass is 650 g/mol. The molecule has 1 aromatic heterocycles. The van der Waals surface area contributed by atoms with Crippen molar-refractivity contribution in [3.05, 3.63) is 46.8 Å². The normalized spacial score (nSPS) is 13.1. The highest BCUT2D eigenvalue weighted by Crippen LogP contribution is 2.52. The van der Waals surface area contributed by atoms with Crippen LogP contribution < -0.4 is 18.9 Å². The van der Waals surface area contributed by atoms with E-state index in [-0.39, 0.29) is 5.41 Å². The summed E-state index contributed by atoms with van der Waals surface area (Å²) in [7, 11) is 3.48. The summed E-state index contributed by atoms with van der Waals surface area (Å²) in [6, 6.07) is 13.0. The van der Waals surface area contributed by atoms with E-state index in [2.05, 4.69) is 98.7 Å². The lowest BCUT2D eigenvalue weighted by molar-refractivity contribution is 0.200. The fraction of sp³-hybridized carbons (Fsp3) is 0.610. The molecular formula is C41H62O4S. The van der Waals surface area contributed by atoms with Crippen molar-refractivity contribution in [2.24, 2.45) is 11.8 Å². The number of benzene rings is 2. The van der Waals surface area contributed by atoms with E-state index in [1.807, 2.05) is 11.3 Å². The molecule has 0 saturated carbocycles. The topological polar surface area (TPSA) is 36.9 Å². The molecule has 0 aliphatic heterocycles. The first-order valence-electron chi connectivity index (χ1n) is 17.8. The van der Waals surface area contributed by atoms with Crippen molar-refractivity contribution in [1.82, 2.24) is 0 Å². The maximum atomic E-state index is 6.89. The smallest absolute Gasteiger partial charge is 0.180 e. The average molecular weight is 651 g/mol. The van der Waals surface area contributed by atoms with Crippen LogP contribution in [0.4, 0.5) is 0 Å². The molecule has 0 spiro atoms. The third kappa shape index (κ3) is 9.69. The molecule has 0 saturated heterocycles. The number of unbranched alkanes of at least 4 members (excludes halogenated alkanes) is 2. The van der Waals surface area contributed by atoms with Gasteiger partial charge in [-0.05, 0) is 77.5 Å². The molecule has 256 valence electrons. The molecule has 0 radical (unpaired) electrons. The molecule has 2 unspecified atom stereocenters. The molecule has 0 aliphatic carbocycles. The summed E-state index contributed by atoms with van der Waals surface area (Å²) < 4.78 is 25.6. The number of methoxy groups -OCH3 is 2. The van der Waals surface area contributed by atoms with Crippen LogP contribution in [0.25, 0.3) is 21.6 Å². The Labute approximate surface area is 285 Å². The van der Waals surface area contributed by atoms with E-state index in [1.54, 1.807) is 14.2 Å². The van der Waals surface area contributed by atoms with E-state index in [1.165, 1.54) is 49.0 Å². The van der Waals surface area contributed by atoms with Crippen LogP contribution in [0.15, 0.2) is 36.4 Å². The van der Waals surface area contributed by atoms with Crippen molar-refractivity contribution in [2.45, 2.75) is 125 Å². The zero-order valence-electron chi connectivity index (χ0n) is 30.8. The molecule has 1 heterocycles. The summed E-state index contributed by atoms with van der Waals surface area (Å²) in [6.45, 7) is 21.8. The first-order valence-corrected chi connectivity index (χ1v) is 18.6. The fourth-order valence-corrected chi connectivity index (χ4v) is 7.09. The quantitative estimate of drug-likeness (QED) is 0.129. The lowest BCUT2D eigenvalue weighted by Crippen LogP contribution is -2.14. The molecule has 2 aromatic carbocycles. The molecule has 2 atom stereocenters. The van der Waals surface area contributed by atoms with Gasteiger partial charge in [-0.2, -0.15) is 0 Å². The first-order chi connectivity index (χ1) is 22.0. The zero-order chi connectivity index (χ0) is 33.9. The largest absolute Gasteiger partial charge is 0.496 e. The Hall–Kier alpha value is -2.66. The molecule has 5 heteroatoms. The van der Waals surface area contributed by atoms with Crippen LogP contribution in [-0.4, -0.2) is 27.4 Å². The molecule has 3 rings (SSSR count). The summed E-state index contributed by atoms with van der Waals surface area (Å²) in [4.78, 5) is 2.38. The Balaban J connectivity index is 2.20. The molecule has 4 nitrogen and oxygen atoms in total. The Morgan fingerprint density at radius 2 is 1.22 bits per heavy atom.